The van der Waals surface area contributed by atoms with Crippen LogP contribution in [0, 0.1) is 6.92 Å². The third-order valence-electron chi connectivity index (χ3n) is 3.35. The second-order valence-corrected chi connectivity index (χ2v) is 6.50. The summed E-state index contributed by atoms with van der Waals surface area (Å²) in [6, 6.07) is 7.62. The molecule has 0 radical (unpaired) electrons. The van der Waals surface area contributed by atoms with Gasteiger partial charge in [-0.05, 0) is 39.8 Å². The zero-order valence-corrected chi connectivity index (χ0v) is 14.1. The molecule has 3 aromatic rings. The van der Waals surface area contributed by atoms with Crippen molar-refractivity contribution >= 4 is 17.4 Å². The third kappa shape index (κ3) is 3.22. The monoisotopic (exact) mass is 328 g/mol. The van der Waals surface area contributed by atoms with Crippen molar-refractivity contribution < 1.29 is 9.53 Å². The largest absolute Gasteiger partial charge is 0.453 e. The van der Waals surface area contributed by atoms with E-state index in [9.17, 15) is 4.79 Å². The van der Waals surface area contributed by atoms with Gasteiger partial charge >= 0.3 is 6.01 Å². The van der Waals surface area contributed by atoms with Crippen LogP contribution >= 0.6 is 0 Å². The fourth-order valence-electron chi connectivity index (χ4n) is 2.33. The molecular formula is C16H20N6O2. The predicted molar refractivity (Wildman–Crippen MR) is 89.1 cm³/mol. The summed E-state index contributed by atoms with van der Waals surface area (Å²) in [5.41, 5.74) is 1.26. The van der Waals surface area contributed by atoms with E-state index in [0.29, 0.717) is 11.5 Å². The van der Waals surface area contributed by atoms with Gasteiger partial charge in [0.2, 0.25) is 0 Å². The molecule has 1 N–H and O–H groups in total. The van der Waals surface area contributed by atoms with E-state index in [1.807, 2.05) is 52.0 Å². The third-order valence-corrected chi connectivity index (χ3v) is 3.35. The molecule has 0 aliphatic rings. The molecule has 0 aliphatic heterocycles. The van der Waals surface area contributed by atoms with Gasteiger partial charge in [-0.15, -0.1) is 5.10 Å². The minimum atomic E-state index is -0.284. The lowest BCUT2D eigenvalue weighted by atomic mass is 10.1. The Morgan fingerprint density at radius 1 is 1.29 bits per heavy atom. The van der Waals surface area contributed by atoms with Crippen molar-refractivity contribution in [3.05, 3.63) is 36.2 Å². The lowest BCUT2D eigenvalue weighted by Crippen LogP contribution is -2.28. The SMILES string of the molecule is Cc1cc(NC(=O)COc2nnc3ccccn23)n(C(C)(C)C)n1. The van der Waals surface area contributed by atoms with Crippen LogP contribution in [0.25, 0.3) is 5.65 Å². The normalized spacial score (nSPS) is 11.7. The number of carbonyl (C=O) groups excluding carboxylic acids is 1. The highest BCUT2D eigenvalue weighted by Gasteiger charge is 2.20. The highest BCUT2D eigenvalue weighted by Crippen LogP contribution is 2.21. The van der Waals surface area contributed by atoms with Crippen LogP contribution in [0.15, 0.2) is 30.5 Å². The van der Waals surface area contributed by atoms with Crippen LogP contribution < -0.4 is 10.1 Å². The second kappa shape index (κ2) is 5.95. The summed E-state index contributed by atoms with van der Waals surface area (Å²) in [7, 11) is 0. The molecule has 3 heterocycles. The second-order valence-electron chi connectivity index (χ2n) is 6.50. The number of anilines is 1. The molecule has 0 saturated carbocycles. The van der Waals surface area contributed by atoms with Gasteiger partial charge in [0.05, 0.1) is 11.2 Å². The zero-order chi connectivity index (χ0) is 17.3. The lowest BCUT2D eigenvalue weighted by molar-refractivity contribution is -0.118. The Balaban J connectivity index is 1.68. The van der Waals surface area contributed by atoms with Gasteiger partial charge in [0.25, 0.3) is 5.91 Å². The minimum absolute atomic E-state index is 0.163. The number of aryl methyl sites for hydroxylation is 1. The van der Waals surface area contributed by atoms with Gasteiger partial charge in [0.15, 0.2) is 12.3 Å². The Morgan fingerprint density at radius 2 is 2.08 bits per heavy atom. The molecule has 0 fully saturated rings. The summed E-state index contributed by atoms with van der Waals surface area (Å²) in [6.45, 7) is 7.79. The van der Waals surface area contributed by atoms with E-state index in [2.05, 4.69) is 20.6 Å². The van der Waals surface area contributed by atoms with E-state index >= 15 is 0 Å². The first-order chi connectivity index (χ1) is 11.3. The maximum Gasteiger partial charge on any atom is 0.322 e. The number of nitrogens with zero attached hydrogens (tertiary/aromatic N) is 5. The Kier molecular flexibility index (Phi) is 3.96. The van der Waals surface area contributed by atoms with Crippen molar-refractivity contribution in [3.63, 3.8) is 0 Å². The molecule has 1 amide bonds. The van der Waals surface area contributed by atoms with Gasteiger partial charge in [-0.1, -0.05) is 11.2 Å². The van der Waals surface area contributed by atoms with Crippen LogP contribution in [0.3, 0.4) is 0 Å². The van der Waals surface area contributed by atoms with Crippen LogP contribution in [0.2, 0.25) is 0 Å². The van der Waals surface area contributed by atoms with E-state index in [1.165, 1.54) is 0 Å². The first-order valence-corrected chi connectivity index (χ1v) is 7.64. The summed E-state index contributed by atoms with van der Waals surface area (Å²) < 4.78 is 8.94. The Morgan fingerprint density at radius 3 is 2.83 bits per heavy atom. The lowest BCUT2D eigenvalue weighted by Gasteiger charge is -2.22. The topological polar surface area (TPSA) is 86.3 Å². The summed E-state index contributed by atoms with van der Waals surface area (Å²) in [5, 5.41) is 15.1. The molecule has 0 aliphatic carbocycles. The number of fused-ring (bicyclic) bond motifs is 1. The maximum absolute atomic E-state index is 12.2. The first-order valence-electron chi connectivity index (χ1n) is 7.64. The van der Waals surface area contributed by atoms with Crippen LogP contribution in [-0.4, -0.2) is 36.9 Å². The smallest absolute Gasteiger partial charge is 0.322 e. The number of carbonyl (C=O) groups is 1. The van der Waals surface area contributed by atoms with Crippen LogP contribution in [0.4, 0.5) is 5.82 Å². The summed E-state index contributed by atoms with van der Waals surface area (Å²) in [4.78, 5) is 12.2. The Bertz CT molecular complexity index is 874. The molecule has 126 valence electrons. The zero-order valence-electron chi connectivity index (χ0n) is 14.1. The molecule has 3 rings (SSSR count). The predicted octanol–water partition coefficient (Wildman–Crippen LogP) is 2.01. The number of nitrogens with one attached hydrogen (secondary N) is 1. The fraction of sp³-hybridized carbons (Fsp3) is 0.375. The molecule has 8 nitrogen and oxygen atoms in total. The van der Waals surface area contributed by atoms with Crippen molar-refractivity contribution in [1.29, 1.82) is 0 Å². The van der Waals surface area contributed by atoms with Crippen molar-refractivity contribution in [2.75, 3.05) is 11.9 Å². The van der Waals surface area contributed by atoms with Gasteiger partial charge in [-0.3, -0.25) is 9.20 Å². The Hall–Kier alpha value is -2.90. The Labute approximate surface area is 139 Å². The van der Waals surface area contributed by atoms with Gasteiger partial charge in [0, 0.05) is 12.3 Å². The fourth-order valence-corrected chi connectivity index (χ4v) is 2.33. The highest BCUT2D eigenvalue weighted by atomic mass is 16.5. The summed E-state index contributed by atoms with van der Waals surface area (Å²) in [5.74, 6) is 0.354. The standard InChI is InChI=1S/C16H20N6O2/c1-11-9-13(22(20-11)16(2,3)4)17-14(23)10-24-15-19-18-12-7-5-6-8-21(12)15/h5-9H,10H2,1-4H3,(H,17,23). The highest BCUT2D eigenvalue weighted by molar-refractivity contribution is 5.91. The molecule has 0 saturated heterocycles. The number of hydrogen-bond acceptors (Lipinski definition) is 5. The van der Waals surface area contributed by atoms with E-state index in [1.54, 1.807) is 15.3 Å². The number of ether oxygens (including phenoxy) is 1. The van der Waals surface area contributed by atoms with Gasteiger partial charge in [0.1, 0.15) is 5.82 Å². The van der Waals surface area contributed by atoms with Gasteiger partial charge in [-0.2, -0.15) is 5.10 Å². The molecule has 0 atom stereocenters. The van der Waals surface area contributed by atoms with Gasteiger partial charge < -0.3 is 10.1 Å². The average Bonchev–Trinajstić information content (AvgIpc) is 3.08. The molecule has 0 aromatic carbocycles. The van der Waals surface area contributed by atoms with E-state index < -0.39 is 0 Å². The molecule has 8 heteroatoms. The molecule has 3 aromatic heterocycles. The molecule has 0 unspecified atom stereocenters. The number of aromatic nitrogens is 5. The van der Waals surface area contributed by atoms with E-state index in [-0.39, 0.29) is 24.1 Å². The van der Waals surface area contributed by atoms with Crippen molar-refractivity contribution in [1.82, 2.24) is 24.4 Å². The molecule has 0 spiro atoms. The molecule has 0 bridgehead atoms. The van der Waals surface area contributed by atoms with Crippen LogP contribution in [-0.2, 0) is 10.3 Å². The van der Waals surface area contributed by atoms with Gasteiger partial charge in [-0.25, -0.2) is 4.68 Å². The molecular weight excluding hydrogens is 308 g/mol. The number of rotatable bonds is 4. The maximum atomic E-state index is 12.2. The first kappa shape index (κ1) is 16.0. The van der Waals surface area contributed by atoms with Crippen molar-refractivity contribution in [2.45, 2.75) is 33.2 Å². The van der Waals surface area contributed by atoms with E-state index in [0.717, 1.165) is 5.69 Å². The molecule has 24 heavy (non-hydrogen) atoms. The van der Waals surface area contributed by atoms with Crippen LogP contribution in [0.1, 0.15) is 26.5 Å². The van der Waals surface area contributed by atoms with E-state index in [4.69, 9.17) is 4.74 Å². The number of hydrogen-bond donors (Lipinski definition) is 1. The minimum Gasteiger partial charge on any atom is -0.453 e. The average molecular weight is 328 g/mol. The quantitative estimate of drug-likeness (QED) is 0.791. The summed E-state index contributed by atoms with van der Waals surface area (Å²) >= 11 is 0. The van der Waals surface area contributed by atoms with Crippen LogP contribution in [0.5, 0.6) is 6.01 Å². The number of amides is 1. The van der Waals surface area contributed by atoms with Crippen molar-refractivity contribution in [3.8, 4) is 6.01 Å². The van der Waals surface area contributed by atoms with Crippen molar-refractivity contribution in [2.24, 2.45) is 0 Å². The number of pyridine rings is 1. The summed E-state index contributed by atoms with van der Waals surface area (Å²) in [6.07, 6.45) is 1.78.